The SMILES string of the molecule is COc1cccc(-c2ccc3c(c2)CCC(C)N3)c1. The summed E-state index contributed by atoms with van der Waals surface area (Å²) in [5.74, 6) is 0.905. The lowest BCUT2D eigenvalue weighted by atomic mass is 9.95. The number of rotatable bonds is 2. The Morgan fingerprint density at radius 3 is 2.79 bits per heavy atom. The summed E-state index contributed by atoms with van der Waals surface area (Å²) < 4.78 is 5.29. The molecule has 0 saturated heterocycles. The first-order chi connectivity index (χ1) is 9.26. The molecule has 0 amide bonds. The summed E-state index contributed by atoms with van der Waals surface area (Å²) in [6.45, 7) is 2.24. The summed E-state index contributed by atoms with van der Waals surface area (Å²) in [4.78, 5) is 0. The lowest BCUT2D eigenvalue weighted by Crippen LogP contribution is -2.21. The van der Waals surface area contributed by atoms with Crippen LogP contribution < -0.4 is 10.1 Å². The Morgan fingerprint density at radius 2 is 1.95 bits per heavy atom. The summed E-state index contributed by atoms with van der Waals surface area (Å²) >= 11 is 0. The third kappa shape index (κ3) is 2.43. The second-order valence-corrected chi connectivity index (χ2v) is 5.19. The fraction of sp³-hybridized carbons (Fsp3) is 0.294. The molecular weight excluding hydrogens is 234 g/mol. The number of hydrogen-bond donors (Lipinski definition) is 1. The van der Waals surface area contributed by atoms with E-state index in [0.717, 1.165) is 12.2 Å². The van der Waals surface area contributed by atoms with E-state index in [1.54, 1.807) is 7.11 Å². The first-order valence-electron chi connectivity index (χ1n) is 6.80. The molecule has 0 aromatic heterocycles. The predicted molar refractivity (Wildman–Crippen MR) is 79.8 cm³/mol. The number of nitrogens with one attached hydrogen (secondary N) is 1. The Labute approximate surface area is 114 Å². The highest BCUT2D eigenvalue weighted by Crippen LogP contribution is 2.31. The second-order valence-electron chi connectivity index (χ2n) is 5.19. The van der Waals surface area contributed by atoms with Crippen molar-refractivity contribution in [1.29, 1.82) is 0 Å². The maximum Gasteiger partial charge on any atom is 0.119 e. The fourth-order valence-electron chi connectivity index (χ4n) is 2.63. The van der Waals surface area contributed by atoms with Crippen LogP contribution in [-0.4, -0.2) is 13.2 Å². The lowest BCUT2D eigenvalue weighted by molar-refractivity contribution is 0.415. The van der Waals surface area contributed by atoms with E-state index in [0.29, 0.717) is 6.04 Å². The molecule has 1 N–H and O–H groups in total. The smallest absolute Gasteiger partial charge is 0.119 e. The summed E-state index contributed by atoms with van der Waals surface area (Å²) in [6.07, 6.45) is 2.36. The fourth-order valence-corrected chi connectivity index (χ4v) is 2.63. The highest BCUT2D eigenvalue weighted by atomic mass is 16.5. The van der Waals surface area contributed by atoms with Gasteiger partial charge in [-0.3, -0.25) is 0 Å². The van der Waals surface area contributed by atoms with Crippen LogP contribution in [0.4, 0.5) is 5.69 Å². The van der Waals surface area contributed by atoms with Crippen LogP contribution in [0.15, 0.2) is 42.5 Å². The van der Waals surface area contributed by atoms with Gasteiger partial charge in [0.05, 0.1) is 7.11 Å². The molecule has 0 spiro atoms. The van der Waals surface area contributed by atoms with Crippen molar-refractivity contribution in [3.63, 3.8) is 0 Å². The van der Waals surface area contributed by atoms with Gasteiger partial charge in [0.25, 0.3) is 0 Å². The zero-order chi connectivity index (χ0) is 13.2. The van der Waals surface area contributed by atoms with E-state index < -0.39 is 0 Å². The van der Waals surface area contributed by atoms with Gasteiger partial charge in [-0.15, -0.1) is 0 Å². The van der Waals surface area contributed by atoms with Crippen LogP contribution in [0.2, 0.25) is 0 Å². The summed E-state index contributed by atoms with van der Waals surface area (Å²) in [6, 6.07) is 15.5. The molecule has 2 aromatic rings. The van der Waals surface area contributed by atoms with Gasteiger partial charge in [0, 0.05) is 11.7 Å². The van der Waals surface area contributed by atoms with Gasteiger partial charge in [0.15, 0.2) is 0 Å². The molecule has 3 rings (SSSR count). The largest absolute Gasteiger partial charge is 0.497 e. The van der Waals surface area contributed by atoms with Gasteiger partial charge < -0.3 is 10.1 Å². The van der Waals surface area contributed by atoms with Gasteiger partial charge in [-0.25, -0.2) is 0 Å². The third-order valence-electron chi connectivity index (χ3n) is 3.76. The molecule has 1 heterocycles. The summed E-state index contributed by atoms with van der Waals surface area (Å²) in [7, 11) is 1.71. The van der Waals surface area contributed by atoms with E-state index in [1.807, 2.05) is 12.1 Å². The van der Waals surface area contributed by atoms with Crippen molar-refractivity contribution >= 4 is 5.69 Å². The molecule has 1 atom stereocenters. The number of ether oxygens (including phenoxy) is 1. The molecule has 2 heteroatoms. The molecular formula is C17H19NO. The van der Waals surface area contributed by atoms with Crippen molar-refractivity contribution in [2.75, 3.05) is 12.4 Å². The zero-order valence-electron chi connectivity index (χ0n) is 11.4. The summed E-state index contributed by atoms with van der Waals surface area (Å²) in [5.41, 5.74) is 5.17. The Morgan fingerprint density at radius 1 is 1.11 bits per heavy atom. The maximum absolute atomic E-state index is 5.29. The number of hydrogen-bond acceptors (Lipinski definition) is 2. The van der Waals surface area contributed by atoms with E-state index in [4.69, 9.17) is 4.74 Å². The number of fused-ring (bicyclic) bond motifs is 1. The molecule has 1 unspecified atom stereocenters. The van der Waals surface area contributed by atoms with Crippen molar-refractivity contribution in [3.05, 3.63) is 48.0 Å². The highest BCUT2D eigenvalue weighted by molar-refractivity contribution is 5.70. The van der Waals surface area contributed by atoms with Crippen LogP contribution >= 0.6 is 0 Å². The van der Waals surface area contributed by atoms with E-state index in [9.17, 15) is 0 Å². The highest BCUT2D eigenvalue weighted by Gasteiger charge is 2.14. The molecule has 1 aliphatic heterocycles. The minimum absolute atomic E-state index is 0.579. The number of anilines is 1. The number of methoxy groups -OCH3 is 1. The molecule has 0 bridgehead atoms. The average molecular weight is 253 g/mol. The monoisotopic (exact) mass is 253 g/mol. The van der Waals surface area contributed by atoms with Crippen LogP contribution in [0.1, 0.15) is 18.9 Å². The number of benzene rings is 2. The second kappa shape index (κ2) is 4.96. The summed E-state index contributed by atoms with van der Waals surface area (Å²) in [5, 5.41) is 3.54. The maximum atomic E-state index is 5.29. The van der Waals surface area contributed by atoms with Crippen molar-refractivity contribution in [3.8, 4) is 16.9 Å². The Kier molecular flexibility index (Phi) is 3.16. The third-order valence-corrected chi connectivity index (χ3v) is 3.76. The first-order valence-corrected chi connectivity index (χ1v) is 6.80. The van der Waals surface area contributed by atoms with Gasteiger partial charge in [-0.2, -0.15) is 0 Å². The quantitative estimate of drug-likeness (QED) is 0.869. The molecule has 0 fully saturated rings. The van der Waals surface area contributed by atoms with Crippen LogP contribution in [0.3, 0.4) is 0 Å². The normalized spacial score (nSPS) is 17.5. The number of aryl methyl sites for hydroxylation is 1. The molecule has 0 radical (unpaired) electrons. The van der Waals surface area contributed by atoms with Crippen LogP contribution in [0, 0.1) is 0 Å². The molecule has 1 aliphatic rings. The van der Waals surface area contributed by atoms with Crippen LogP contribution in [-0.2, 0) is 6.42 Å². The van der Waals surface area contributed by atoms with E-state index in [1.165, 1.54) is 28.8 Å². The van der Waals surface area contributed by atoms with Crippen LogP contribution in [0.25, 0.3) is 11.1 Å². The minimum Gasteiger partial charge on any atom is -0.497 e. The minimum atomic E-state index is 0.579. The van der Waals surface area contributed by atoms with E-state index >= 15 is 0 Å². The topological polar surface area (TPSA) is 21.3 Å². The van der Waals surface area contributed by atoms with E-state index in [-0.39, 0.29) is 0 Å². The van der Waals surface area contributed by atoms with Gasteiger partial charge in [0.1, 0.15) is 5.75 Å². The lowest BCUT2D eigenvalue weighted by Gasteiger charge is -2.24. The predicted octanol–water partition coefficient (Wildman–Crippen LogP) is 4.11. The van der Waals surface area contributed by atoms with Crippen LogP contribution in [0.5, 0.6) is 5.75 Å². The zero-order valence-corrected chi connectivity index (χ0v) is 11.4. The molecule has 19 heavy (non-hydrogen) atoms. The van der Waals surface area contributed by atoms with Crippen molar-refractivity contribution in [2.24, 2.45) is 0 Å². The van der Waals surface area contributed by atoms with Crippen molar-refractivity contribution < 1.29 is 4.74 Å². The molecule has 2 aromatic carbocycles. The van der Waals surface area contributed by atoms with Gasteiger partial charge >= 0.3 is 0 Å². The molecule has 0 aliphatic carbocycles. The first kappa shape index (κ1) is 12.1. The Balaban J connectivity index is 1.97. The van der Waals surface area contributed by atoms with Gasteiger partial charge in [-0.1, -0.05) is 18.2 Å². The van der Waals surface area contributed by atoms with Gasteiger partial charge in [-0.05, 0) is 60.7 Å². The Hall–Kier alpha value is -1.96. The van der Waals surface area contributed by atoms with E-state index in [2.05, 4.69) is 42.6 Å². The molecule has 0 saturated carbocycles. The van der Waals surface area contributed by atoms with Crippen molar-refractivity contribution in [1.82, 2.24) is 0 Å². The molecule has 2 nitrogen and oxygen atoms in total. The molecule has 98 valence electrons. The average Bonchev–Trinajstić information content (AvgIpc) is 2.46. The standard InChI is InChI=1S/C17H19NO/c1-12-6-7-15-10-14(8-9-17(15)18-12)13-4-3-5-16(11-13)19-2/h3-5,8-12,18H,6-7H2,1-2H3. The van der Waals surface area contributed by atoms with Gasteiger partial charge in [0.2, 0.25) is 0 Å². The van der Waals surface area contributed by atoms with Crippen molar-refractivity contribution in [2.45, 2.75) is 25.8 Å². The Bertz CT molecular complexity index is 592.